The maximum Gasteiger partial charge on any atom is 0.268 e. The number of carbonyl (C=O) groups is 1. The molecule has 0 unspecified atom stereocenters. The average molecular weight is 406 g/mol. The lowest BCUT2D eigenvalue weighted by molar-refractivity contribution is 0.0951. The van der Waals surface area contributed by atoms with E-state index in [2.05, 4.69) is 21.3 Å². The molecule has 30 heavy (non-hydrogen) atoms. The van der Waals surface area contributed by atoms with E-state index < -0.39 is 11.5 Å². The maximum atomic E-state index is 12.6. The van der Waals surface area contributed by atoms with Crippen molar-refractivity contribution in [3.8, 4) is 16.9 Å². The van der Waals surface area contributed by atoms with Crippen LogP contribution in [0.5, 0.6) is 5.75 Å². The first kappa shape index (κ1) is 19.9. The van der Waals surface area contributed by atoms with Gasteiger partial charge in [0.2, 0.25) is 0 Å². The van der Waals surface area contributed by atoms with Crippen LogP contribution in [0.15, 0.2) is 41.3 Å². The summed E-state index contributed by atoms with van der Waals surface area (Å²) in [5.74, 6) is -0.916. The van der Waals surface area contributed by atoms with Crippen LogP contribution in [0.4, 0.5) is 5.69 Å². The van der Waals surface area contributed by atoms with E-state index in [1.807, 2.05) is 24.3 Å². The Morgan fingerprint density at radius 3 is 2.67 bits per heavy atom. The van der Waals surface area contributed by atoms with Crippen LogP contribution in [-0.2, 0) is 7.05 Å². The van der Waals surface area contributed by atoms with Gasteiger partial charge < -0.3 is 15.3 Å². The number of para-hydroxylation sites is 1. The highest BCUT2D eigenvalue weighted by Crippen LogP contribution is 2.35. The van der Waals surface area contributed by atoms with Crippen LogP contribution >= 0.6 is 0 Å². The zero-order valence-electron chi connectivity index (χ0n) is 17.3. The minimum atomic E-state index is -0.586. The fraction of sp³-hybridized carbons (Fsp3) is 0.348. The van der Waals surface area contributed by atoms with E-state index >= 15 is 0 Å². The predicted molar refractivity (Wildman–Crippen MR) is 118 cm³/mol. The summed E-state index contributed by atoms with van der Waals surface area (Å²) in [6.45, 7) is 4.15. The first-order valence-electron chi connectivity index (χ1n) is 10.4. The molecule has 0 bridgehead atoms. The smallest absolute Gasteiger partial charge is 0.268 e. The van der Waals surface area contributed by atoms with Gasteiger partial charge in [-0.2, -0.15) is 0 Å². The molecule has 1 aliphatic rings. The summed E-state index contributed by atoms with van der Waals surface area (Å²) in [5.41, 5.74) is 2.49. The summed E-state index contributed by atoms with van der Waals surface area (Å²) in [4.78, 5) is 31.9. The lowest BCUT2D eigenvalue weighted by Crippen LogP contribution is -2.32. The molecule has 4 rings (SSSR count). The number of nitrogens with zero attached hydrogens (tertiary/aromatic N) is 3. The molecule has 2 aromatic heterocycles. The third-order valence-corrected chi connectivity index (χ3v) is 5.67. The molecule has 1 amide bonds. The topological polar surface area (TPSA) is 87.5 Å². The molecule has 3 aromatic rings. The number of pyridine rings is 2. The van der Waals surface area contributed by atoms with Crippen molar-refractivity contribution >= 4 is 22.6 Å². The van der Waals surface area contributed by atoms with Gasteiger partial charge in [0.25, 0.3) is 11.5 Å². The third-order valence-electron chi connectivity index (χ3n) is 5.67. The molecule has 0 radical (unpaired) electrons. The van der Waals surface area contributed by atoms with Gasteiger partial charge >= 0.3 is 0 Å². The van der Waals surface area contributed by atoms with Gasteiger partial charge in [-0.3, -0.25) is 14.2 Å². The Bertz CT molecular complexity index is 1160. The molecular weight excluding hydrogens is 380 g/mol. The molecule has 0 saturated carbocycles. The molecule has 0 atom stereocenters. The Morgan fingerprint density at radius 2 is 1.93 bits per heavy atom. The standard InChI is InChI=1S/C23H26N4O3/c1-3-24-22(29)19-20(28)17-13-15(14-25-21(17)26(2)23(19)30)16-9-5-6-10-18(16)27-11-7-4-8-12-27/h5-6,9-10,13-14,28H,3-4,7-8,11-12H2,1-2H3,(H,24,29). The van der Waals surface area contributed by atoms with Crippen molar-refractivity contribution in [1.29, 1.82) is 0 Å². The number of benzene rings is 1. The highest BCUT2D eigenvalue weighted by Gasteiger charge is 2.22. The molecule has 0 spiro atoms. The first-order chi connectivity index (χ1) is 14.5. The van der Waals surface area contributed by atoms with E-state index in [1.165, 1.54) is 23.8 Å². The highest BCUT2D eigenvalue weighted by atomic mass is 16.3. The fourth-order valence-electron chi connectivity index (χ4n) is 4.13. The Hall–Kier alpha value is -3.35. The average Bonchev–Trinajstić information content (AvgIpc) is 2.78. The Morgan fingerprint density at radius 1 is 1.20 bits per heavy atom. The number of aromatic hydroxyl groups is 1. The molecule has 1 saturated heterocycles. The van der Waals surface area contributed by atoms with Gasteiger partial charge in [-0.05, 0) is 38.3 Å². The second kappa shape index (κ2) is 8.18. The van der Waals surface area contributed by atoms with Gasteiger partial charge in [0.05, 0.1) is 5.39 Å². The number of rotatable bonds is 4. The molecule has 1 fully saturated rings. The lowest BCUT2D eigenvalue weighted by Gasteiger charge is -2.30. The van der Waals surface area contributed by atoms with E-state index in [0.717, 1.165) is 29.9 Å². The molecule has 7 heteroatoms. The van der Waals surface area contributed by atoms with Crippen LogP contribution in [0.1, 0.15) is 36.5 Å². The number of aromatic nitrogens is 2. The molecule has 1 aromatic carbocycles. The van der Waals surface area contributed by atoms with Gasteiger partial charge in [-0.25, -0.2) is 4.98 Å². The summed E-state index contributed by atoms with van der Waals surface area (Å²) in [6.07, 6.45) is 5.31. The van der Waals surface area contributed by atoms with E-state index in [4.69, 9.17) is 0 Å². The van der Waals surface area contributed by atoms with Crippen LogP contribution < -0.4 is 15.8 Å². The molecule has 0 aliphatic carbocycles. The van der Waals surface area contributed by atoms with E-state index in [9.17, 15) is 14.7 Å². The zero-order chi connectivity index (χ0) is 21.3. The van der Waals surface area contributed by atoms with Gasteiger partial charge in [-0.15, -0.1) is 0 Å². The minimum absolute atomic E-state index is 0.255. The Labute approximate surface area is 175 Å². The number of fused-ring (bicyclic) bond motifs is 1. The summed E-state index contributed by atoms with van der Waals surface area (Å²) < 4.78 is 1.31. The van der Waals surface area contributed by atoms with Crippen molar-refractivity contribution in [3.63, 3.8) is 0 Å². The van der Waals surface area contributed by atoms with Crippen LogP contribution in [0, 0.1) is 0 Å². The first-order valence-corrected chi connectivity index (χ1v) is 10.4. The number of hydrogen-bond donors (Lipinski definition) is 2. The van der Waals surface area contributed by atoms with Crippen LogP contribution in [-0.4, -0.2) is 40.2 Å². The summed E-state index contributed by atoms with van der Waals surface area (Å²) >= 11 is 0. The Balaban J connectivity index is 1.89. The van der Waals surface area contributed by atoms with E-state index in [-0.39, 0.29) is 11.3 Å². The highest BCUT2D eigenvalue weighted by molar-refractivity contribution is 6.02. The van der Waals surface area contributed by atoms with Gasteiger partial charge in [0.15, 0.2) is 0 Å². The van der Waals surface area contributed by atoms with Crippen molar-refractivity contribution < 1.29 is 9.90 Å². The monoisotopic (exact) mass is 406 g/mol. The number of aryl methyl sites for hydroxylation is 1. The van der Waals surface area contributed by atoms with Crippen LogP contribution in [0.2, 0.25) is 0 Å². The quantitative estimate of drug-likeness (QED) is 0.695. The molecule has 7 nitrogen and oxygen atoms in total. The minimum Gasteiger partial charge on any atom is -0.506 e. The number of amides is 1. The summed E-state index contributed by atoms with van der Waals surface area (Å²) in [5, 5.41) is 13.8. The van der Waals surface area contributed by atoms with Gasteiger partial charge in [0.1, 0.15) is 17.0 Å². The summed E-state index contributed by atoms with van der Waals surface area (Å²) in [6, 6.07) is 9.95. The van der Waals surface area contributed by atoms with Crippen molar-refractivity contribution in [2.45, 2.75) is 26.2 Å². The third kappa shape index (κ3) is 3.40. The second-order valence-corrected chi connectivity index (χ2v) is 7.61. The number of hydrogen-bond acceptors (Lipinski definition) is 5. The summed E-state index contributed by atoms with van der Waals surface area (Å²) in [7, 11) is 1.56. The normalized spacial score (nSPS) is 14.1. The fourth-order valence-corrected chi connectivity index (χ4v) is 4.13. The zero-order valence-corrected chi connectivity index (χ0v) is 17.3. The molecule has 3 heterocycles. The van der Waals surface area contributed by atoms with Crippen molar-refractivity contribution in [3.05, 3.63) is 52.4 Å². The molecule has 156 valence electrons. The number of anilines is 1. The van der Waals surface area contributed by atoms with Crippen molar-refractivity contribution in [1.82, 2.24) is 14.9 Å². The lowest BCUT2D eigenvalue weighted by atomic mass is 10.0. The second-order valence-electron chi connectivity index (χ2n) is 7.61. The number of carbonyl (C=O) groups excluding carboxylic acids is 1. The van der Waals surface area contributed by atoms with Crippen LogP contribution in [0.3, 0.4) is 0 Å². The maximum absolute atomic E-state index is 12.6. The van der Waals surface area contributed by atoms with E-state index in [0.29, 0.717) is 17.6 Å². The van der Waals surface area contributed by atoms with Gasteiger partial charge in [0, 0.05) is 49.7 Å². The SMILES string of the molecule is CCNC(=O)c1c(O)c2cc(-c3ccccc3N3CCCCC3)cnc2n(C)c1=O. The Kier molecular flexibility index (Phi) is 5.44. The molecule has 2 N–H and O–H groups in total. The van der Waals surface area contributed by atoms with Gasteiger partial charge in [-0.1, -0.05) is 18.2 Å². The molecular formula is C23H26N4O3. The van der Waals surface area contributed by atoms with E-state index in [1.54, 1.807) is 20.2 Å². The van der Waals surface area contributed by atoms with Crippen molar-refractivity contribution in [2.75, 3.05) is 24.5 Å². The molecule has 1 aliphatic heterocycles. The largest absolute Gasteiger partial charge is 0.506 e. The van der Waals surface area contributed by atoms with Crippen molar-refractivity contribution in [2.24, 2.45) is 7.05 Å². The number of piperidine rings is 1. The van der Waals surface area contributed by atoms with Crippen LogP contribution in [0.25, 0.3) is 22.2 Å². The predicted octanol–water partition coefficient (Wildman–Crippen LogP) is 3.05. The number of nitrogens with one attached hydrogen (secondary N) is 1.